The van der Waals surface area contributed by atoms with Crippen LogP contribution in [0.4, 0.5) is 0 Å². The summed E-state index contributed by atoms with van der Waals surface area (Å²) in [4.78, 5) is 9.30. The molecule has 1 aromatic heterocycles. The van der Waals surface area contributed by atoms with Crippen LogP contribution in [0.3, 0.4) is 0 Å². The van der Waals surface area contributed by atoms with E-state index in [4.69, 9.17) is 11.5 Å². The minimum atomic E-state index is 0.225. The molecule has 0 aliphatic carbocycles. The van der Waals surface area contributed by atoms with Gasteiger partial charge in [-0.2, -0.15) is 4.99 Å². The number of thiophene rings is 1. The Labute approximate surface area is 133 Å². The van der Waals surface area contributed by atoms with E-state index in [2.05, 4.69) is 22.1 Å². The van der Waals surface area contributed by atoms with Crippen molar-refractivity contribution in [1.82, 2.24) is 0 Å². The van der Waals surface area contributed by atoms with Gasteiger partial charge in [-0.25, -0.2) is 0 Å². The molecule has 0 unspecified atom stereocenters. The Hall–Kier alpha value is -1.79. The number of guanidine groups is 1. The van der Waals surface area contributed by atoms with E-state index in [0.717, 1.165) is 11.3 Å². The van der Waals surface area contributed by atoms with Gasteiger partial charge in [-0.1, -0.05) is 30.3 Å². The number of thioether (sulfide) groups is 1. The first-order chi connectivity index (χ1) is 10.2. The minimum absolute atomic E-state index is 0.225. The van der Waals surface area contributed by atoms with Crippen molar-refractivity contribution in [1.29, 1.82) is 0 Å². The van der Waals surface area contributed by atoms with E-state index in [1.54, 1.807) is 23.1 Å². The zero-order chi connectivity index (χ0) is 15.1. The van der Waals surface area contributed by atoms with Gasteiger partial charge in [0.2, 0.25) is 5.96 Å². The minimum Gasteiger partial charge on any atom is -0.382 e. The fourth-order valence-corrected chi connectivity index (χ4v) is 3.17. The Balaban J connectivity index is 1.94. The van der Waals surface area contributed by atoms with Gasteiger partial charge >= 0.3 is 0 Å². The topological polar surface area (TPSA) is 76.8 Å². The second-order valence-corrected chi connectivity index (χ2v) is 6.49. The average molecular weight is 318 g/mol. The zero-order valence-electron chi connectivity index (χ0n) is 11.8. The number of hydrogen-bond acceptors (Lipinski definition) is 3. The predicted molar refractivity (Wildman–Crippen MR) is 93.5 cm³/mol. The zero-order valence-corrected chi connectivity index (χ0v) is 13.5. The summed E-state index contributed by atoms with van der Waals surface area (Å²) in [5.41, 5.74) is 13.0. The lowest BCUT2D eigenvalue weighted by molar-refractivity contribution is 0.962. The molecule has 2 aromatic rings. The third-order valence-electron chi connectivity index (χ3n) is 2.79. The highest BCUT2D eigenvalue weighted by atomic mass is 32.2. The first kappa shape index (κ1) is 15.6. The smallest absolute Gasteiger partial charge is 0.217 e. The van der Waals surface area contributed by atoms with Crippen molar-refractivity contribution in [2.75, 3.05) is 12.8 Å². The van der Waals surface area contributed by atoms with Crippen molar-refractivity contribution in [3.8, 4) is 0 Å². The molecule has 0 radical (unpaired) electrons. The van der Waals surface area contributed by atoms with Gasteiger partial charge in [0.1, 0.15) is 5.84 Å². The lowest BCUT2D eigenvalue weighted by Crippen LogP contribution is -2.19. The molecule has 4 N–H and O–H groups in total. The Kier molecular flexibility index (Phi) is 5.83. The molecule has 110 valence electrons. The first-order valence-electron chi connectivity index (χ1n) is 6.51. The fraction of sp³-hybridized carbons (Fsp3) is 0.200. The quantitative estimate of drug-likeness (QED) is 0.505. The summed E-state index contributed by atoms with van der Waals surface area (Å²) in [6.07, 6.45) is 2.87. The lowest BCUT2D eigenvalue weighted by Gasteiger charge is -1.99. The molecule has 0 atom stereocenters. The largest absolute Gasteiger partial charge is 0.382 e. The third-order valence-corrected chi connectivity index (χ3v) is 4.98. The molecule has 2 rings (SSSR count). The molecule has 0 amide bonds. The molecular formula is C15H18N4S2. The number of rotatable bonds is 5. The van der Waals surface area contributed by atoms with Gasteiger partial charge in [0.25, 0.3) is 0 Å². The summed E-state index contributed by atoms with van der Waals surface area (Å²) in [5.74, 6) is 0.642. The standard InChI is InChI=1S/C15H18N4S2/c1-20-13-8-7-12(21-13)14(16)19-15(17)18-10-9-11-5-3-2-4-6-11/h2-8H,9-10H2,1H3,(H4,16,17,18,19). The van der Waals surface area contributed by atoms with Crippen molar-refractivity contribution in [2.45, 2.75) is 10.6 Å². The number of nitrogens with two attached hydrogens (primary N) is 2. The number of aliphatic imine (C=N–C) groups is 2. The molecule has 0 saturated carbocycles. The molecule has 0 bridgehead atoms. The van der Waals surface area contributed by atoms with E-state index in [0.29, 0.717) is 12.4 Å². The highest BCUT2D eigenvalue weighted by Gasteiger charge is 2.03. The molecule has 0 fully saturated rings. The number of amidine groups is 1. The van der Waals surface area contributed by atoms with Crippen molar-refractivity contribution in [3.05, 3.63) is 52.9 Å². The predicted octanol–water partition coefficient (Wildman–Crippen LogP) is 2.73. The van der Waals surface area contributed by atoms with E-state index < -0.39 is 0 Å². The van der Waals surface area contributed by atoms with Crippen LogP contribution in [0, 0.1) is 0 Å². The summed E-state index contributed by atoms with van der Waals surface area (Å²) in [5, 5.41) is 0. The number of nitrogens with zero attached hydrogens (tertiary/aromatic N) is 2. The van der Waals surface area contributed by atoms with Crippen LogP contribution in [0.1, 0.15) is 10.4 Å². The maximum atomic E-state index is 5.94. The van der Waals surface area contributed by atoms with Gasteiger partial charge in [-0.3, -0.25) is 4.99 Å². The van der Waals surface area contributed by atoms with Gasteiger partial charge in [0.05, 0.1) is 9.09 Å². The summed E-state index contributed by atoms with van der Waals surface area (Å²) in [7, 11) is 0. The van der Waals surface area contributed by atoms with Crippen LogP contribution in [-0.4, -0.2) is 24.6 Å². The van der Waals surface area contributed by atoms with Crippen molar-refractivity contribution < 1.29 is 0 Å². The second-order valence-electron chi connectivity index (χ2n) is 4.30. The molecule has 0 aliphatic rings. The number of hydrogen-bond donors (Lipinski definition) is 2. The lowest BCUT2D eigenvalue weighted by atomic mass is 10.2. The molecule has 21 heavy (non-hydrogen) atoms. The van der Waals surface area contributed by atoms with Crippen LogP contribution < -0.4 is 11.5 Å². The summed E-state index contributed by atoms with van der Waals surface area (Å²) in [6, 6.07) is 14.1. The molecule has 0 saturated heterocycles. The van der Waals surface area contributed by atoms with Gasteiger partial charge in [-0.05, 0) is 30.4 Å². The molecule has 1 heterocycles. The monoisotopic (exact) mass is 318 g/mol. The van der Waals surface area contributed by atoms with Crippen LogP contribution in [-0.2, 0) is 6.42 Å². The van der Waals surface area contributed by atoms with E-state index in [-0.39, 0.29) is 5.96 Å². The third kappa shape index (κ3) is 4.91. The second kappa shape index (κ2) is 7.85. The number of benzene rings is 1. The van der Waals surface area contributed by atoms with Crippen LogP contribution >= 0.6 is 23.1 Å². The van der Waals surface area contributed by atoms with Crippen LogP contribution in [0.5, 0.6) is 0 Å². The van der Waals surface area contributed by atoms with E-state index in [1.807, 2.05) is 36.6 Å². The summed E-state index contributed by atoms with van der Waals surface area (Å²) in [6.45, 7) is 0.604. The molecule has 4 nitrogen and oxygen atoms in total. The fourth-order valence-electron chi connectivity index (χ4n) is 1.73. The maximum Gasteiger partial charge on any atom is 0.217 e. The van der Waals surface area contributed by atoms with Crippen LogP contribution in [0.25, 0.3) is 0 Å². The van der Waals surface area contributed by atoms with Crippen molar-refractivity contribution >= 4 is 34.9 Å². The normalized spacial score (nSPS) is 12.6. The molecule has 0 spiro atoms. The molecular weight excluding hydrogens is 300 g/mol. The summed E-state index contributed by atoms with van der Waals surface area (Å²) >= 11 is 3.28. The molecule has 6 heteroatoms. The first-order valence-corrected chi connectivity index (χ1v) is 8.55. The Morgan fingerprint density at radius 3 is 2.57 bits per heavy atom. The van der Waals surface area contributed by atoms with E-state index in [9.17, 15) is 0 Å². The molecule has 1 aromatic carbocycles. The van der Waals surface area contributed by atoms with Crippen LogP contribution in [0.15, 0.2) is 56.7 Å². The Bertz CT molecular complexity index is 632. The van der Waals surface area contributed by atoms with Crippen molar-refractivity contribution in [3.63, 3.8) is 0 Å². The van der Waals surface area contributed by atoms with Crippen LogP contribution in [0.2, 0.25) is 0 Å². The Morgan fingerprint density at radius 1 is 1.14 bits per heavy atom. The van der Waals surface area contributed by atoms with E-state index in [1.165, 1.54) is 9.77 Å². The highest BCUT2D eigenvalue weighted by Crippen LogP contribution is 2.24. The van der Waals surface area contributed by atoms with Gasteiger partial charge in [0, 0.05) is 6.54 Å². The molecule has 0 aliphatic heterocycles. The average Bonchev–Trinajstić information content (AvgIpc) is 2.97. The highest BCUT2D eigenvalue weighted by molar-refractivity contribution is 8.00. The maximum absolute atomic E-state index is 5.94. The Morgan fingerprint density at radius 2 is 1.90 bits per heavy atom. The van der Waals surface area contributed by atoms with Crippen molar-refractivity contribution in [2.24, 2.45) is 21.5 Å². The van der Waals surface area contributed by atoms with Gasteiger partial charge < -0.3 is 11.5 Å². The van der Waals surface area contributed by atoms with Gasteiger partial charge in [-0.15, -0.1) is 23.1 Å². The van der Waals surface area contributed by atoms with E-state index >= 15 is 0 Å². The summed E-state index contributed by atoms with van der Waals surface area (Å²) < 4.78 is 1.20. The van der Waals surface area contributed by atoms with Gasteiger partial charge in [0.15, 0.2) is 0 Å². The SMILES string of the molecule is CSc1ccc(C(N)=NC(N)=NCCc2ccccc2)s1.